The Morgan fingerprint density at radius 2 is 1.80 bits per heavy atom. The van der Waals surface area contributed by atoms with Gasteiger partial charge < -0.3 is 10.3 Å². The van der Waals surface area contributed by atoms with E-state index in [0.29, 0.717) is 16.4 Å². The number of aromatic nitrogens is 1. The summed E-state index contributed by atoms with van der Waals surface area (Å²) in [5.74, 6) is -0.464. The summed E-state index contributed by atoms with van der Waals surface area (Å²) in [5.41, 5.74) is 2.70. The number of hydrogen-bond donors (Lipinski definition) is 2. The number of carbonyl (C=O) groups is 1. The van der Waals surface area contributed by atoms with Gasteiger partial charge in [0.1, 0.15) is 5.56 Å². The van der Waals surface area contributed by atoms with Crippen LogP contribution in [-0.4, -0.2) is 10.9 Å². The summed E-state index contributed by atoms with van der Waals surface area (Å²) in [6, 6.07) is 15.9. The molecule has 0 aliphatic rings. The number of halogens is 2. The van der Waals surface area contributed by atoms with Crippen LogP contribution >= 0.6 is 27.5 Å². The van der Waals surface area contributed by atoms with Crippen molar-refractivity contribution in [1.29, 1.82) is 0 Å². The minimum absolute atomic E-state index is 0.0465. The molecule has 0 bridgehead atoms. The third kappa shape index (κ3) is 4.00. The van der Waals surface area contributed by atoms with Crippen LogP contribution in [0.25, 0.3) is 11.3 Å². The van der Waals surface area contributed by atoms with E-state index in [1.54, 1.807) is 36.4 Å². The van der Waals surface area contributed by atoms with E-state index in [9.17, 15) is 9.59 Å². The van der Waals surface area contributed by atoms with Crippen molar-refractivity contribution in [2.75, 3.05) is 5.32 Å². The van der Waals surface area contributed by atoms with Crippen LogP contribution in [0, 0.1) is 6.92 Å². The molecule has 0 radical (unpaired) electrons. The summed E-state index contributed by atoms with van der Waals surface area (Å²) in [7, 11) is 0. The van der Waals surface area contributed by atoms with Gasteiger partial charge in [-0.1, -0.05) is 29.8 Å². The summed E-state index contributed by atoms with van der Waals surface area (Å²) in [5, 5.41) is 3.35. The highest BCUT2D eigenvalue weighted by Crippen LogP contribution is 2.24. The molecule has 25 heavy (non-hydrogen) atoms. The molecule has 1 heterocycles. The molecule has 2 N–H and O–H groups in total. The molecule has 0 atom stereocenters. The zero-order chi connectivity index (χ0) is 18.0. The Kier molecular flexibility index (Phi) is 5.06. The average Bonchev–Trinajstić information content (AvgIpc) is 2.58. The van der Waals surface area contributed by atoms with Gasteiger partial charge in [-0.15, -0.1) is 0 Å². The molecule has 0 unspecified atom stereocenters. The molecular formula is C19H14BrClN2O2. The van der Waals surface area contributed by atoms with Crippen LogP contribution < -0.4 is 10.9 Å². The van der Waals surface area contributed by atoms with E-state index in [2.05, 4.69) is 26.2 Å². The van der Waals surface area contributed by atoms with Gasteiger partial charge in [0, 0.05) is 15.2 Å². The molecule has 3 rings (SSSR count). The van der Waals surface area contributed by atoms with E-state index in [4.69, 9.17) is 11.6 Å². The number of aryl methyl sites for hydroxylation is 1. The quantitative estimate of drug-likeness (QED) is 0.628. The highest BCUT2D eigenvalue weighted by atomic mass is 79.9. The van der Waals surface area contributed by atoms with Gasteiger partial charge in [-0.3, -0.25) is 9.59 Å². The number of H-pyrrole nitrogens is 1. The topological polar surface area (TPSA) is 62.0 Å². The maximum Gasteiger partial charge on any atom is 0.261 e. The summed E-state index contributed by atoms with van der Waals surface area (Å²) in [6.07, 6.45) is 0. The lowest BCUT2D eigenvalue weighted by molar-refractivity contribution is 0.102. The van der Waals surface area contributed by atoms with Crippen molar-refractivity contribution in [1.82, 2.24) is 4.98 Å². The first-order chi connectivity index (χ1) is 11.9. The number of hydrogen-bond acceptors (Lipinski definition) is 2. The Morgan fingerprint density at radius 3 is 2.44 bits per heavy atom. The number of amides is 1. The lowest BCUT2D eigenvalue weighted by atomic mass is 10.1. The lowest BCUT2D eigenvalue weighted by Gasteiger charge is -2.08. The van der Waals surface area contributed by atoms with Crippen LogP contribution in [-0.2, 0) is 0 Å². The van der Waals surface area contributed by atoms with Crippen molar-refractivity contribution in [3.63, 3.8) is 0 Å². The van der Waals surface area contributed by atoms with Crippen molar-refractivity contribution >= 4 is 39.1 Å². The number of aromatic amines is 1. The van der Waals surface area contributed by atoms with Gasteiger partial charge in [0.25, 0.3) is 11.5 Å². The number of nitrogens with one attached hydrogen (secondary N) is 2. The van der Waals surface area contributed by atoms with Crippen molar-refractivity contribution in [2.24, 2.45) is 0 Å². The third-order valence-electron chi connectivity index (χ3n) is 3.68. The van der Waals surface area contributed by atoms with E-state index in [1.165, 1.54) is 6.07 Å². The molecule has 126 valence electrons. The molecule has 1 amide bonds. The molecular weight excluding hydrogens is 404 g/mol. The summed E-state index contributed by atoms with van der Waals surface area (Å²) in [4.78, 5) is 27.4. The molecule has 0 saturated heterocycles. The minimum atomic E-state index is -0.464. The molecule has 0 spiro atoms. The maximum atomic E-state index is 12.4. The van der Waals surface area contributed by atoms with Gasteiger partial charge in [0.15, 0.2) is 0 Å². The molecule has 0 aliphatic carbocycles. The van der Waals surface area contributed by atoms with E-state index in [1.807, 2.05) is 19.1 Å². The van der Waals surface area contributed by atoms with E-state index in [0.717, 1.165) is 15.6 Å². The summed E-state index contributed by atoms with van der Waals surface area (Å²) < 4.78 is 0.759. The van der Waals surface area contributed by atoms with Crippen molar-refractivity contribution in [3.8, 4) is 11.3 Å². The van der Waals surface area contributed by atoms with Crippen LogP contribution in [0.1, 0.15) is 15.9 Å². The molecule has 4 nitrogen and oxygen atoms in total. The number of anilines is 1. The second-order valence-corrected chi connectivity index (χ2v) is 6.85. The molecule has 0 fully saturated rings. The fraction of sp³-hybridized carbons (Fsp3) is 0.0526. The molecule has 0 saturated carbocycles. The Hall–Kier alpha value is -2.37. The zero-order valence-corrected chi connectivity index (χ0v) is 15.6. The summed E-state index contributed by atoms with van der Waals surface area (Å²) >= 11 is 9.27. The minimum Gasteiger partial charge on any atom is -0.321 e. The molecule has 0 aliphatic heterocycles. The average molecular weight is 418 g/mol. The third-order valence-corrected chi connectivity index (χ3v) is 4.59. The molecule has 3 aromatic rings. The molecule has 2 aromatic carbocycles. The monoisotopic (exact) mass is 416 g/mol. The van der Waals surface area contributed by atoms with Gasteiger partial charge in [-0.25, -0.2) is 0 Å². The fourth-order valence-corrected chi connectivity index (χ4v) is 3.08. The van der Waals surface area contributed by atoms with Gasteiger partial charge in [0.05, 0.1) is 5.69 Å². The summed E-state index contributed by atoms with van der Waals surface area (Å²) in [6.45, 7) is 1.95. The smallest absolute Gasteiger partial charge is 0.261 e. The van der Waals surface area contributed by atoms with Gasteiger partial charge >= 0.3 is 0 Å². The van der Waals surface area contributed by atoms with Gasteiger partial charge in [-0.05, 0) is 70.4 Å². The van der Waals surface area contributed by atoms with Gasteiger partial charge in [-0.2, -0.15) is 0 Å². The standard InChI is InChI=1S/C19H14BrClN2O2/c1-11-2-8-17(15(20)10-11)23-19(25)14-7-9-16(22-18(14)24)12-3-5-13(21)6-4-12/h2-10H,1H3,(H,22,24)(H,23,25). The van der Waals surface area contributed by atoms with E-state index < -0.39 is 11.5 Å². The van der Waals surface area contributed by atoms with Crippen LogP contribution in [0.2, 0.25) is 5.02 Å². The first-order valence-electron chi connectivity index (χ1n) is 7.51. The fourth-order valence-electron chi connectivity index (χ4n) is 2.36. The van der Waals surface area contributed by atoms with Crippen molar-refractivity contribution in [2.45, 2.75) is 6.92 Å². The predicted molar refractivity (Wildman–Crippen MR) is 104 cm³/mol. The first kappa shape index (κ1) is 17.5. The zero-order valence-electron chi connectivity index (χ0n) is 13.3. The highest BCUT2D eigenvalue weighted by molar-refractivity contribution is 9.10. The second kappa shape index (κ2) is 7.25. The second-order valence-electron chi connectivity index (χ2n) is 5.56. The SMILES string of the molecule is Cc1ccc(NC(=O)c2ccc(-c3ccc(Cl)cc3)[nH]c2=O)c(Br)c1. The predicted octanol–water partition coefficient (Wildman–Crippen LogP) is 5.02. The lowest BCUT2D eigenvalue weighted by Crippen LogP contribution is -2.23. The number of benzene rings is 2. The Morgan fingerprint density at radius 1 is 1.08 bits per heavy atom. The van der Waals surface area contributed by atoms with Crippen molar-refractivity contribution in [3.05, 3.63) is 85.6 Å². The number of rotatable bonds is 3. The van der Waals surface area contributed by atoms with Crippen LogP contribution in [0.15, 0.2) is 63.9 Å². The van der Waals surface area contributed by atoms with Crippen LogP contribution in [0.3, 0.4) is 0 Å². The number of pyridine rings is 1. The van der Waals surface area contributed by atoms with Gasteiger partial charge in [0.2, 0.25) is 0 Å². The van der Waals surface area contributed by atoms with E-state index >= 15 is 0 Å². The highest BCUT2D eigenvalue weighted by Gasteiger charge is 2.13. The van der Waals surface area contributed by atoms with Crippen molar-refractivity contribution < 1.29 is 4.79 Å². The Balaban J connectivity index is 1.86. The normalized spacial score (nSPS) is 10.5. The number of carbonyl (C=O) groups excluding carboxylic acids is 1. The maximum absolute atomic E-state index is 12.4. The van der Waals surface area contributed by atoms with Crippen LogP contribution in [0.4, 0.5) is 5.69 Å². The largest absolute Gasteiger partial charge is 0.321 e. The Bertz CT molecular complexity index is 997. The first-order valence-corrected chi connectivity index (χ1v) is 8.68. The van der Waals surface area contributed by atoms with Crippen LogP contribution in [0.5, 0.6) is 0 Å². The van der Waals surface area contributed by atoms with E-state index in [-0.39, 0.29) is 5.56 Å². The molecule has 6 heteroatoms. The molecule has 1 aromatic heterocycles. The Labute approximate surface area is 158 Å².